The Kier molecular flexibility index (Phi) is 7.13. The molecule has 0 radical (unpaired) electrons. The van der Waals surface area contributed by atoms with E-state index in [0.717, 1.165) is 12.8 Å². The molecule has 1 aliphatic carbocycles. The Morgan fingerprint density at radius 1 is 1.37 bits per heavy atom. The van der Waals surface area contributed by atoms with Crippen LogP contribution in [0.2, 0.25) is 0 Å². The van der Waals surface area contributed by atoms with Crippen LogP contribution in [0.1, 0.15) is 50.5 Å². The minimum Gasteiger partial charge on any atom is -0.476 e. The molecule has 2 heterocycles. The minimum absolute atomic E-state index is 0.106. The van der Waals surface area contributed by atoms with Crippen molar-refractivity contribution in [1.29, 1.82) is 0 Å². The Bertz CT molecular complexity index is 735. The second-order valence-electron chi connectivity index (χ2n) is 8.54. The molecule has 2 atom stereocenters. The number of amides is 1. The van der Waals surface area contributed by atoms with E-state index >= 15 is 0 Å². The molecule has 0 bridgehead atoms. The fourth-order valence-electron chi connectivity index (χ4n) is 3.35. The number of aliphatic hydroxyl groups excluding tert-OH is 1. The van der Waals surface area contributed by atoms with Crippen molar-refractivity contribution in [3.8, 4) is 5.88 Å². The van der Waals surface area contributed by atoms with Crippen LogP contribution in [0, 0.1) is 11.8 Å². The van der Waals surface area contributed by atoms with Gasteiger partial charge in [-0.15, -0.1) is 0 Å². The molecule has 9 heteroatoms. The average Bonchev–Trinajstić information content (AvgIpc) is 3.48. The molecule has 7 nitrogen and oxygen atoms in total. The Balaban J connectivity index is 1.74. The molecular formula is C21H31F2N3O4. The first-order valence-electron chi connectivity index (χ1n) is 10.6. The highest BCUT2D eigenvalue weighted by Crippen LogP contribution is 2.38. The van der Waals surface area contributed by atoms with Gasteiger partial charge in [-0.25, -0.2) is 13.8 Å². The van der Waals surface area contributed by atoms with Crippen LogP contribution in [0.15, 0.2) is 12.1 Å². The lowest BCUT2D eigenvalue weighted by atomic mass is 10.0. The number of halogens is 2. The highest BCUT2D eigenvalue weighted by molar-refractivity contribution is 5.93. The number of aromatic nitrogens is 1. The molecule has 168 valence electrons. The molecule has 0 aromatic carbocycles. The number of aliphatic hydroxyl groups is 1. The molecule has 1 aliphatic heterocycles. The van der Waals surface area contributed by atoms with Crippen molar-refractivity contribution < 1.29 is 28.2 Å². The van der Waals surface area contributed by atoms with Crippen molar-refractivity contribution in [3.05, 3.63) is 17.8 Å². The zero-order valence-electron chi connectivity index (χ0n) is 17.7. The maximum atomic E-state index is 13.3. The van der Waals surface area contributed by atoms with Gasteiger partial charge in [-0.2, -0.15) is 0 Å². The van der Waals surface area contributed by atoms with Crippen molar-refractivity contribution in [2.75, 3.05) is 31.2 Å². The first-order chi connectivity index (χ1) is 14.2. The fourth-order valence-corrected chi connectivity index (χ4v) is 3.35. The van der Waals surface area contributed by atoms with Gasteiger partial charge in [0.05, 0.1) is 25.7 Å². The van der Waals surface area contributed by atoms with Gasteiger partial charge in [0.1, 0.15) is 11.4 Å². The lowest BCUT2D eigenvalue weighted by molar-refractivity contribution is -0.117. The molecule has 3 rings (SSSR count). The molecule has 1 aromatic rings. The maximum absolute atomic E-state index is 13.3. The highest BCUT2D eigenvalue weighted by Gasteiger charge is 2.45. The number of pyridine rings is 1. The van der Waals surface area contributed by atoms with Crippen molar-refractivity contribution in [2.24, 2.45) is 11.8 Å². The molecule has 2 aliphatic rings. The monoisotopic (exact) mass is 427 g/mol. The summed E-state index contributed by atoms with van der Waals surface area (Å²) in [6.07, 6.45) is 1.54. The molecule has 1 aromatic heterocycles. The minimum atomic E-state index is -2.72. The summed E-state index contributed by atoms with van der Waals surface area (Å²) in [5, 5.41) is 13.0. The quantitative estimate of drug-likeness (QED) is 0.529. The lowest BCUT2D eigenvalue weighted by Gasteiger charge is -2.40. The Morgan fingerprint density at radius 2 is 2.07 bits per heavy atom. The zero-order valence-corrected chi connectivity index (χ0v) is 17.7. The summed E-state index contributed by atoms with van der Waals surface area (Å²) >= 11 is 0. The third kappa shape index (κ3) is 6.01. The molecular weight excluding hydrogens is 396 g/mol. The number of anilines is 1. The van der Waals surface area contributed by atoms with Crippen LogP contribution >= 0.6 is 0 Å². The van der Waals surface area contributed by atoms with Gasteiger partial charge in [0.2, 0.25) is 5.88 Å². The van der Waals surface area contributed by atoms with Crippen LogP contribution in [-0.2, 0) is 4.74 Å². The summed E-state index contributed by atoms with van der Waals surface area (Å²) in [4.78, 5) is 18.6. The van der Waals surface area contributed by atoms with E-state index in [9.17, 15) is 18.7 Å². The number of carbonyl (C=O) groups is 1. The second kappa shape index (κ2) is 9.43. The summed E-state index contributed by atoms with van der Waals surface area (Å²) in [7, 11) is 0. The topological polar surface area (TPSA) is 83.9 Å². The standard InChI is InChI=1S/C21H31F2N3O4/c1-4-29-20(28)16(9-13(2)3)24-18(27)15-7-8-17(26-11-21(22,23)12-26)19(25-15)30-10-14-5-6-14/h7-8,13-14,16,20,28H,4-6,9-12H2,1-3H3,(H,24,27)/t16-,20+/m0/s1. The third-order valence-corrected chi connectivity index (χ3v) is 5.13. The number of ether oxygens (including phenoxy) is 2. The number of hydrogen-bond acceptors (Lipinski definition) is 6. The van der Waals surface area contributed by atoms with E-state index < -0.39 is 37.3 Å². The SMILES string of the molecule is CCO[C@@H](O)[C@H](CC(C)C)NC(=O)c1ccc(N2CC(F)(F)C2)c(OCC2CC2)n1. The Morgan fingerprint density at radius 3 is 2.63 bits per heavy atom. The maximum Gasteiger partial charge on any atom is 0.282 e. The first kappa shape index (κ1) is 22.7. The van der Waals surface area contributed by atoms with Gasteiger partial charge in [-0.1, -0.05) is 13.8 Å². The Labute approximate surface area is 175 Å². The average molecular weight is 427 g/mol. The summed E-state index contributed by atoms with van der Waals surface area (Å²) in [5.74, 6) is -2.33. The van der Waals surface area contributed by atoms with Gasteiger partial charge in [0, 0.05) is 6.61 Å². The van der Waals surface area contributed by atoms with Crippen molar-refractivity contribution in [3.63, 3.8) is 0 Å². The molecule has 0 unspecified atom stereocenters. The van der Waals surface area contributed by atoms with Crippen LogP contribution < -0.4 is 15.0 Å². The van der Waals surface area contributed by atoms with Crippen molar-refractivity contribution >= 4 is 11.6 Å². The zero-order chi connectivity index (χ0) is 21.9. The molecule has 1 saturated carbocycles. The van der Waals surface area contributed by atoms with Crippen LogP contribution in [-0.4, -0.2) is 60.6 Å². The summed E-state index contributed by atoms with van der Waals surface area (Å²) in [5.41, 5.74) is 0.570. The van der Waals surface area contributed by atoms with Gasteiger partial charge in [-0.05, 0) is 50.2 Å². The number of rotatable bonds is 11. The predicted octanol–water partition coefficient (Wildman–Crippen LogP) is 2.83. The number of nitrogens with zero attached hydrogens (tertiary/aromatic N) is 2. The predicted molar refractivity (Wildman–Crippen MR) is 108 cm³/mol. The van der Waals surface area contributed by atoms with Crippen LogP contribution in [0.5, 0.6) is 5.88 Å². The van der Waals surface area contributed by atoms with Gasteiger partial charge >= 0.3 is 0 Å². The van der Waals surface area contributed by atoms with Crippen LogP contribution in [0.3, 0.4) is 0 Å². The van der Waals surface area contributed by atoms with E-state index in [-0.39, 0.29) is 17.5 Å². The number of hydrogen-bond donors (Lipinski definition) is 2. The molecule has 1 saturated heterocycles. The smallest absolute Gasteiger partial charge is 0.282 e. The Hall–Kier alpha value is -2.00. The first-order valence-corrected chi connectivity index (χ1v) is 10.6. The highest BCUT2D eigenvalue weighted by atomic mass is 19.3. The van der Waals surface area contributed by atoms with E-state index in [1.807, 2.05) is 13.8 Å². The van der Waals surface area contributed by atoms with E-state index in [1.165, 1.54) is 11.0 Å². The van der Waals surface area contributed by atoms with Gasteiger partial charge in [0.25, 0.3) is 11.8 Å². The number of carbonyl (C=O) groups excluding carboxylic acids is 1. The van der Waals surface area contributed by atoms with E-state index in [1.54, 1.807) is 13.0 Å². The molecule has 30 heavy (non-hydrogen) atoms. The lowest BCUT2D eigenvalue weighted by Crippen LogP contribution is -2.56. The normalized spacial score (nSPS) is 19.9. The van der Waals surface area contributed by atoms with Crippen molar-refractivity contribution in [2.45, 2.75) is 58.3 Å². The van der Waals surface area contributed by atoms with Crippen LogP contribution in [0.4, 0.5) is 14.5 Å². The second-order valence-corrected chi connectivity index (χ2v) is 8.54. The third-order valence-electron chi connectivity index (χ3n) is 5.13. The van der Waals surface area contributed by atoms with Crippen LogP contribution in [0.25, 0.3) is 0 Å². The summed E-state index contributed by atoms with van der Waals surface area (Å²) in [6.45, 7) is 5.72. The molecule has 0 spiro atoms. The number of nitrogens with one attached hydrogen (secondary N) is 1. The fraction of sp³-hybridized carbons (Fsp3) is 0.714. The van der Waals surface area contributed by atoms with Gasteiger partial charge in [0.15, 0.2) is 6.29 Å². The van der Waals surface area contributed by atoms with Gasteiger partial charge < -0.3 is 24.8 Å². The summed E-state index contributed by atoms with van der Waals surface area (Å²) < 4.78 is 37.7. The van der Waals surface area contributed by atoms with E-state index in [0.29, 0.717) is 31.2 Å². The number of alkyl halides is 2. The van der Waals surface area contributed by atoms with Crippen molar-refractivity contribution in [1.82, 2.24) is 10.3 Å². The molecule has 2 N–H and O–H groups in total. The van der Waals surface area contributed by atoms with E-state index in [4.69, 9.17) is 9.47 Å². The summed E-state index contributed by atoms with van der Waals surface area (Å²) in [6, 6.07) is 2.49. The van der Waals surface area contributed by atoms with E-state index in [2.05, 4.69) is 10.3 Å². The molecule has 2 fully saturated rings. The largest absolute Gasteiger partial charge is 0.476 e. The van der Waals surface area contributed by atoms with Gasteiger partial charge in [-0.3, -0.25) is 4.79 Å². The molecule has 1 amide bonds.